The SMILES string of the molecule is CN(C)CCOc1ccc2ccccc2c1-c1nc(CC(=O)O)cs1. The van der Waals surface area contributed by atoms with Gasteiger partial charge in [-0.05, 0) is 30.9 Å². The molecule has 3 rings (SSSR count). The van der Waals surface area contributed by atoms with E-state index in [9.17, 15) is 4.79 Å². The van der Waals surface area contributed by atoms with Crippen molar-refractivity contribution in [3.8, 4) is 16.3 Å². The number of hydrogen-bond acceptors (Lipinski definition) is 5. The number of rotatable bonds is 7. The molecule has 0 saturated heterocycles. The van der Waals surface area contributed by atoms with Crippen LogP contribution in [0.4, 0.5) is 0 Å². The van der Waals surface area contributed by atoms with Crippen LogP contribution in [0, 0.1) is 0 Å². The van der Waals surface area contributed by atoms with E-state index in [1.54, 1.807) is 5.38 Å². The van der Waals surface area contributed by atoms with E-state index in [0.29, 0.717) is 12.3 Å². The number of likely N-dealkylation sites (N-methyl/N-ethyl adjacent to an activating group) is 1. The number of carboxylic acid groups (broad SMARTS) is 1. The van der Waals surface area contributed by atoms with Crippen LogP contribution in [0.25, 0.3) is 21.3 Å². The Kier molecular flexibility index (Phi) is 5.31. The zero-order valence-electron chi connectivity index (χ0n) is 14.2. The summed E-state index contributed by atoms with van der Waals surface area (Å²) in [5.74, 6) is -0.103. The highest BCUT2D eigenvalue weighted by atomic mass is 32.1. The zero-order valence-corrected chi connectivity index (χ0v) is 15.0. The molecule has 2 aromatic carbocycles. The van der Waals surface area contributed by atoms with Gasteiger partial charge in [0.25, 0.3) is 0 Å². The fourth-order valence-corrected chi connectivity index (χ4v) is 3.47. The zero-order chi connectivity index (χ0) is 17.8. The molecule has 0 aliphatic rings. The van der Waals surface area contributed by atoms with E-state index in [0.717, 1.165) is 33.6 Å². The van der Waals surface area contributed by atoms with E-state index in [1.807, 2.05) is 50.5 Å². The highest BCUT2D eigenvalue weighted by Gasteiger charge is 2.16. The molecule has 0 aliphatic carbocycles. The number of nitrogens with zero attached hydrogens (tertiary/aromatic N) is 2. The number of benzene rings is 2. The van der Waals surface area contributed by atoms with Crippen molar-refractivity contribution in [2.45, 2.75) is 6.42 Å². The third kappa shape index (κ3) is 4.15. The van der Waals surface area contributed by atoms with Crippen molar-refractivity contribution < 1.29 is 14.6 Å². The molecule has 0 bridgehead atoms. The lowest BCUT2D eigenvalue weighted by atomic mass is 10.0. The average molecular weight is 356 g/mol. The lowest BCUT2D eigenvalue weighted by molar-refractivity contribution is -0.136. The van der Waals surface area contributed by atoms with Crippen molar-refractivity contribution in [1.82, 2.24) is 9.88 Å². The van der Waals surface area contributed by atoms with Gasteiger partial charge in [0.1, 0.15) is 17.4 Å². The number of carboxylic acids is 1. The van der Waals surface area contributed by atoms with Crippen LogP contribution in [0.1, 0.15) is 5.69 Å². The largest absolute Gasteiger partial charge is 0.491 e. The van der Waals surface area contributed by atoms with Crippen LogP contribution >= 0.6 is 11.3 Å². The van der Waals surface area contributed by atoms with Gasteiger partial charge in [-0.3, -0.25) is 4.79 Å². The first-order chi connectivity index (χ1) is 12.0. The lowest BCUT2D eigenvalue weighted by Crippen LogP contribution is -2.19. The van der Waals surface area contributed by atoms with E-state index in [1.165, 1.54) is 11.3 Å². The van der Waals surface area contributed by atoms with Gasteiger partial charge in [0.15, 0.2) is 0 Å². The van der Waals surface area contributed by atoms with E-state index < -0.39 is 5.97 Å². The van der Waals surface area contributed by atoms with Crippen molar-refractivity contribution in [1.29, 1.82) is 0 Å². The quantitative estimate of drug-likeness (QED) is 0.702. The molecule has 0 radical (unpaired) electrons. The normalized spacial score (nSPS) is 11.2. The number of carbonyl (C=O) groups is 1. The average Bonchev–Trinajstić information content (AvgIpc) is 3.01. The second-order valence-corrected chi connectivity index (χ2v) is 6.88. The minimum Gasteiger partial charge on any atom is -0.491 e. The van der Waals surface area contributed by atoms with Gasteiger partial charge in [-0.25, -0.2) is 4.98 Å². The second kappa shape index (κ2) is 7.63. The van der Waals surface area contributed by atoms with Crippen LogP contribution in [0.3, 0.4) is 0 Å². The molecule has 1 heterocycles. The Bertz CT molecular complexity index is 889. The summed E-state index contributed by atoms with van der Waals surface area (Å²) in [6.45, 7) is 1.39. The van der Waals surface area contributed by atoms with Crippen LogP contribution in [0.2, 0.25) is 0 Å². The summed E-state index contributed by atoms with van der Waals surface area (Å²) in [7, 11) is 4.01. The van der Waals surface area contributed by atoms with E-state index in [-0.39, 0.29) is 6.42 Å². The molecule has 1 aromatic heterocycles. The van der Waals surface area contributed by atoms with Gasteiger partial charge in [-0.15, -0.1) is 11.3 Å². The summed E-state index contributed by atoms with van der Waals surface area (Å²) in [6, 6.07) is 12.1. The highest BCUT2D eigenvalue weighted by molar-refractivity contribution is 7.13. The Hall–Kier alpha value is -2.44. The van der Waals surface area contributed by atoms with Gasteiger partial charge in [0, 0.05) is 11.9 Å². The highest BCUT2D eigenvalue weighted by Crippen LogP contribution is 2.38. The number of fused-ring (bicyclic) bond motifs is 1. The van der Waals surface area contributed by atoms with Crippen molar-refractivity contribution in [3.63, 3.8) is 0 Å². The summed E-state index contributed by atoms with van der Waals surface area (Å²) in [6.07, 6.45) is -0.0713. The van der Waals surface area contributed by atoms with E-state index in [2.05, 4.69) is 9.88 Å². The molecular weight excluding hydrogens is 336 g/mol. The fraction of sp³-hybridized carbons (Fsp3) is 0.263. The molecule has 130 valence electrons. The van der Waals surface area contributed by atoms with Gasteiger partial charge >= 0.3 is 5.97 Å². The molecular formula is C19H20N2O3S. The molecule has 1 N–H and O–H groups in total. The Morgan fingerprint density at radius 3 is 2.80 bits per heavy atom. The molecule has 6 heteroatoms. The molecule has 0 atom stereocenters. The van der Waals surface area contributed by atoms with Gasteiger partial charge in [-0.1, -0.05) is 30.3 Å². The summed E-state index contributed by atoms with van der Waals surface area (Å²) >= 11 is 1.45. The van der Waals surface area contributed by atoms with E-state index in [4.69, 9.17) is 9.84 Å². The number of hydrogen-bond donors (Lipinski definition) is 1. The van der Waals surface area contributed by atoms with Gasteiger partial charge < -0.3 is 14.7 Å². The van der Waals surface area contributed by atoms with Gasteiger partial charge in [0.2, 0.25) is 0 Å². The molecule has 0 fully saturated rings. The third-order valence-electron chi connectivity index (χ3n) is 3.78. The summed E-state index contributed by atoms with van der Waals surface area (Å²) in [4.78, 5) is 17.5. The molecule has 5 nitrogen and oxygen atoms in total. The van der Waals surface area contributed by atoms with Crippen LogP contribution < -0.4 is 4.74 Å². The van der Waals surface area contributed by atoms with Crippen molar-refractivity contribution in [2.75, 3.05) is 27.2 Å². The van der Waals surface area contributed by atoms with Gasteiger partial charge in [0.05, 0.1) is 17.7 Å². The Labute approximate surface area is 150 Å². The van der Waals surface area contributed by atoms with Crippen LogP contribution in [0.15, 0.2) is 41.8 Å². The molecule has 0 unspecified atom stereocenters. The Balaban J connectivity index is 2.03. The van der Waals surface area contributed by atoms with Crippen molar-refractivity contribution in [3.05, 3.63) is 47.5 Å². The molecule has 25 heavy (non-hydrogen) atoms. The smallest absolute Gasteiger partial charge is 0.309 e. The Morgan fingerprint density at radius 1 is 1.24 bits per heavy atom. The maximum atomic E-state index is 10.9. The predicted molar refractivity (Wildman–Crippen MR) is 100 cm³/mol. The molecule has 0 amide bonds. The van der Waals surface area contributed by atoms with Gasteiger partial charge in [-0.2, -0.15) is 0 Å². The summed E-state index contributed by atoms with van der Waals surface area (Å²) in [5, 5.41) is 13.7. The minimum absolute atomic E-state index is 0.0713. The number of ether oxygens (including phenoxy) is 1. The second-order valence-electron chi connectivity index (χ2n) is 6.03. The lowest BCUT2D eigenvalue weighted by Gasteiger charge is -2.15. The van der Waals surface area contributed by atoms with Crippen molar-refractivity contribution in [2.24, 2.45) is 0 Å². The van der Waals surface area contributed by atoms with Crippen molar-refractivity contribution >= 4 is 28.1 Å². The van der Waals surface area contributed by atoms with Crippen LogP contribution in [0.5, 0.6) is 5.75 Å². The summed E-state index contributed by atoms with van der Waals surface area (Å²) in [5.41, 5.74) is 1.50. The standard InChI is InChI=1S/C19H20N2O3S/c1-21(2)9-10-24-16-8-7-13-5-3-4-6-15(13)18(16)19-20-14(12-25-19)11-17(22)23/h3-8,12H,9-11H2,1-2H3,(H,22,23). The maximum Gasteiger partial charge on any atom is 0.309 e. The summed E-state index contributed by atoms with van der Waals surface area (Å²) < 4.78 is 6.01. The molecule has 0 aliphatic heterocycles. The third-order valence-corrected chi connectivity index (χ3v) is 4.69. The molecule has 3 aromatic rings. The molecule has 0 saturated carbocycles. The number of aromatic nitrogens is 1. The Morgan fingerprint density at radius 2 is 2.04 bits per heavy atom. The number of aliphatic carboxylic acids is 1. The first-order valence-electron chi connectivity index (χ1n) is 8.00. The topological polar surface area (TPSA) is 62.7 Å². The monoisotopic (exact) mass is 356 g/mol. The predicted octanol–water partition coefficient (Wildman–Crippen LogP) is 3.53. The first kappa shape index (κ1) is 17.4. The minimum atomic E-state index is -0.878. The number of thiazole rings is 1. The fourth-order valence-electron chi connectivity index (χ4n) is 2.59. The first-order valence-corrected chi connectivity index (χ1v) is 8.88. The van der Waals surface area contributed by atoms with Crippen LogP contribution in [-0.2, 0) is 11.2 Å². The maximum absolute atomic E-state index is 10.9. The molecule has 0 spiro atoms. The van der Waals surface area contributed by atoms with Crippen LogP contribution in [-0.4, -0.2) is 48.2 Å². The van der Waals surface area contributed by atoms with E-state index >= 15 is 0 Å².